The van der Waals surface area contributed by atoms with E-state index < -0.39 is 0 Å². The van der Waals surface area contributed by atoms with E-state index in [4.69, 9.17) is 10.5 Å². The van der Waals surface area contributed by atoms with Gasteiger partial charge in [-0.3, -0.25) is 9.80 Å². The Balaban J connectivity index is 2.02. The first-order chi connectivity index (χ1) is 9.98. The minimum atomic E-state index is 0.00542. The quantitative estimate of drug-likeness (QED) is 0.843. The summed E-state index contributed by atoms with van der Waals surface area (Å²) in [6.07, 6.45) is 4.48. The molecule has 21 heavy (non-hydrogen) atoms. The number of piperazine rings is 1. The van der Waals surface area contributed by atoms with Gasteiger partial charge in [-0.1, -0.05) is 13.8 Å². The predicted octanol–water partition coefficient (Wildman–Crippen LogP) is 2.08. The lowest BCUT2D eigenvalue weighted by Crippen LogP contribution is -2.65. The molecule has 2 heterocycles. The van der Waals surface area contributed by atoms with Crippen LogP contribution in [0.5, 0.6) is 0 Å². The number of rotatable bonds is 5. The van der Waals surface area contributed by atoms with Crippen LogP contribution >= 0.6 is 0 Å². The van der Waals surface area contributed by atoms with Crippen LogP contribution in [0.2, 0.25) is 0 Å². The maximum Gasteiger partial charge on any atom is 0.0670 e. The van der Waals surface area contributed by atoms with Gasteiger partial charge in [0.1, 0.15) is 0 Å². The van der Waals surface area contributed by atoms with Crippen LogP contribution in [0.15, 0.2) is 0 Å². The Morgan fingerprint density at radius 1 is 1.19 bits per heavy atom. The Morgan fingerprint density at radius 3 is 2.38 bits per heavy atom. The van der Waals surface area contributed by atoms with Gasteiger partial charge in [0.05, 0.1) is 5.60 Å². The maximum atomic E-state index is 6.25. The van der Waals surface area contributed by atoms with Crippen molar-refractivity contribution >= 4 is 0 Å². The zero-order valence-electron chi connectivity index (χ0n) is 14.5. The average molecular weight is 297 g/mol. The number of nitrogens with zero attached hydrogens (tertiary/aromatic N) is 2. The molecule has 0 aromatic heterocycles. The molecular formula is C17H35N3O. The molecule has 0 aromatic rings. The second kappa shape index (κ2) is 6.95. The second-order valence-electron chi connectivity index (χ2n) is 7.29. The van der Waals surface area contributed by atoms with Crippen molar-refractivity contribution in [3.63, 3.8) is 0 Å². The Hall–Kier alpha value is -0.160. The van der Waals surface area contributed by atoms with Gasteiger partial charge in [0.25, 0.3) is 0 Å². The van der Waals surface area contributed by atoms with Crippen molar-refractivity contribution < 1.29 is 4.74 Å². The molecule has 0 spiro atoms. The topological polar surface area (TPSA) is 41.7 Å². The number of hydrogen-bond donors (Lipinski definition) is 1. The van der Waals surface area contributed by atoms with Crippen LogP contribution < -0.4 is 5.73 Å². The van der Waals surface area contributed by atoms with Gasteiger partial charge in [-0.2, -0.15) is 0 Å². The van der Waals surface area contributed by atoms with Crippen molar-refractivity contribution in [1.82, 2.24) is 9.80 Å². The monoisotopic (exact) mass is 297 g/mol. The van der Waals surface area contributed by atoms with Gasteiger partial charge in [-0.15, -0.1) is 0 Å². The molecule has 124 valence electrons. The summed E-state index contributed by atoms with van der Waals surface area (Å²) in [5.41, 5.74) is 6.42. The SMILES string of the molecule is CCC(C)N1CCN(C2(CN)CCOC(C)(CC)C2)CC1. The van der Waals surface area contributed by atoms with Crippen LogP contribution in [-0.4, -0.2) is 66.3 Å². The number of ether oxygens (including phenoxy) is 1. The molecule has 3 atom stereocenters. The van der Waals surface area contributed by atoms with E-state index in [1.165, 1.54) is 19.5 Å². The van der Waals surface area contributed by atoms with Crippen molar-refractivity contribution in [2.24, 2.45) is 5.73 Å². The van der Waals surface area contributed by atoms with Crippen LogP contribution in [0.25, 0.3) is 0 Å². The van der Waals surface area contributed by atoms with Gasteiger partial charge in [0.15, 0.2) is 0 Å². The average Bonchev–Trinajstić information content (AvgIpc) is 2.54. The predicted molar refractivity (Wildman–Crippen MR) is 88.6 cm³/mol. The maximum absolute atomic E-state index is 6.25. The van der Waals surface area contributed by atoms with Gasteiger partial charge in [0.2, 0.25) is 0 Å². The molecule has 0 radical (unpaired) electrons. The van der Waals surface area contributed by atoms with E-state index >= 15 is 0 Å². The zero-order chi connectivity index (χ0) is 15.5. The van der Waals surface area contributed by atoms with Gasteiger partial charge in [-0.05, 0) is 39.5 Å². The molecule has 0 amide bonds. The third-order valence-electron chi connectivity index (χ3n) is 6.05. The summed E-state index contributed by atoms with van der Waals surface area (Å²) < 4.78 is 6.05. The highest BCUT2D eigenvalue weighted by Crippen LogP contribution is 2.38. The van der Waals surface area contributed by atoms with Crippen molar-refractivity contribution in [3.8, 4) is 0 Å². The highest BCUT2D eigenvalue weighted by molar-refractivity contribution is 5.01. The van der Waals surface area contributed by atoms with Crippen LogP contribution in [0.1, 0.15) is 53.4 Å². The molecule has 4 heteroatoms. The summed E-state index contributed by atoms with van der Waals surface area (Å²) >= 11 is 0. The van der Waals surface area contributed by atoms with E-state index in [-0.39, 0.29) is 11.1 Å². The number of hydrogen-bond acceptors (Lipinski definition) is 4. The van der Waals surface area contributed by atoms with Crippen LogP contribution in [-0.2, 0) is 4.74 Å². The Kier molecular flexibility index (Phi) is 5.69. The molecule has 2 aliphatic heterocycles. The van der Waals surface area contributed by atoms with Crippen LogP contribution in [0.4, 0.5) is 0 Å². The summed E-state index contributed by atoms with van der Waals surface area (Å²) in [4.78, 5) is 5.29. The molecule has 0 bridgehead atoms. The van der Waals surface area contributed by atoms with E-state index in [1.54, 1.807) is 0 Å². The second-order valence-corrected chi connectivity index (χ2v) is 7.29. The van der Waals surface area contributed by atoms with Crippen LogP contribution in [0, 0.1) is 0 Å². The summed E-state index contributed by atoms with van der Waals surface area (Å²) in [7, 11) is 0. The minimum absolute atomic E-state index is 0.00542. The van der Waals surface area contributed by atoms with Gasteiger partial charge in [-0.25, -0.2) is 0 Å². The fraction of sp³-hybridized carbons (Fsp3) is 1.00. The standard InChI is InChI=1S/C17H35N3O/c1-5-15(3)19-8-10-20(11-9-19)17(14-18)7-12-21-16(4,6-2)13-17/h15H,5-14,18H2,1-4H3. The van der Waals surface area contributed by atoms with Gasteiger partial charge >= 0.3 is 0 Å². The Bertz CT molecular complexity index is 330. The normalized spacial score (nSPS) is 37.6. The van der Waals surface area contributed by atoms with Crippen molar-refractivity contribution in [2.45, 2.75) is 70.6 Å². The molecule has 2 N–H and O–H groups in total. The molecule has 2 rings (SSSR count). The van der Waals surface area contributed by atoms with E-state index in [1.807, 2.05) is 0 Å². The summed E-state index contributed by atoms with van der Waals surface area (Å²) in [6.45, 7) is 15.4. The first kappa shape index (κ1) is 17.2. The molecule has 0 aliphatic carbocycles. The van der Waals surface area contributed by atoms with Crippen molar-refractivity contribution in [1.29, 1.82) is 0 Å². The first-order valence-corrected chi connectivity index (χ1v) is 8.82. The largest absolute Gasteiger partial charge is 0.375 e. The number of nitrogens with two attached hydrogens (primary N) is 1. The van der Waals surface area contributed by atoms with E-state index in [2.05, 4.69) is 37.5 Å². The summed E-state index contributed by atoms with van der Waals surface area (Å²) in [5.74, 6) is 0. The van der Waals surface area contributed by atoms with Gasteiger partial charge in [0, 0.05) is 50.9 Å². The molecule has 3 unspecified atom stereocenters. The zero-order valence-corrected chi connectivity index (χ0v) is 14.5. The van der Waals surface area contributed by atoms with E-state index in [9.17, 15) is 0 Å². The molecule has 2 saturated heterocycles. The molecule has 0 aromatic carbocycles. The molecule has 4 nitrogen and oxygen atoms in total. The summed E-state index contributed by atoms with van der Waals surface area (Å²) in [6, 6.07) is 0.705. The molecule has 2 fully saturated rings. The van der Waals surface area contributed by atoms with Crippen molar-refractivity contribution in [2.75, 3.05) is 39.3 Å². The molecule has 2 aliphatic rings. The highest BCUT2D eigenvalue weighted by Gasteiger charge is 2.45. The fourth-order valence-electron chi connectivity index (χ4n) is 4.02. The third kappa shape index (κ3) is 3.61. The minimum Gasteiger partial charge on any atom is -0.375 e. The fourth-order valence-corrected chi connectivity index (χ4v) is 4.02. The van der Waals surface area contributed by atoms with Crippen molar-refractivity contribution in [3.05, 3.63) is 0 Å². The lowest BCUT2D eigenvalue weighted by atomic mass is 9.77. The first-order valence-electron chi connectivity index (χ1n) is 8.82. The van der Waals surface area contributed by atoms with E-state index in [0.29, 0.717) is 6.04 Å². The highest BCUT2D eigenvalue weighted by atomic mass is 16.5. The summed E-state index contributed by atoms with van der Waals surface area (Å²) in [5, 5.41) is 0. The van der Waals surface area contributed by atoms with E-state index in [0.717, 1.165) is 45.5 Å². The lowest BCUT2D eigenvalue weighted by Gasteiger charge is -2.54. The lowest BCUT2D eigenvalue weighted by molar-refractivity contribution is -0.135. The Morgan fingerprint density at radius 2 is 1.86 bits per heavy atom. The molecule has 0 saturated carbocycles. The van der Waals surface area contributed by atoms with Crippen LogP contribution in [0.3, 0.4) is 0 Å². The smallest absolute Gasteiger partial charge is 0.0670 e. The third-order valence-corrected chi connectivity index (χ3v) is 6.05. The Labute approximate surface area is 131 Å². The van der Waals surface area contributed by atoms with Gasteiger partial charge < -0.3 is 10.5 Å². The molecular weight excluding hydrogens is 262 g/mol.